The number of aliphatic hydroxyl groups excluding tert-OH is 1. The third kappa shape index (κ3) is 3.24. The Bertz CT molecular complexity index is 488. The molecule has 1 amide bonds. The van der Waals surface area contributed by atoms with Gasteiger partial charge in [-0.15, -0.1) is 0 Å². The molecule has 1 atom stereocenters. The van der Waals surface area contributed by atoms with E-state index in [4.69, 9.17) is 9.84 Å². The second kappa shape index (κ2) is 6.33. The van der Waals surface area contributed by atoms with Crippen LogP contribution in [0.4, 0.5) is 5.69 Å². The number of hydrogen-bond acceptors (Lipinski definition) is 5. The standard InChI is InChI=1S/C13H16N2O5/c16-8-11-2-1-7-14(11)13(17)9-20-12-5-3-10(4-6-12)15(18)19/h3-6,11,16H,1-2,7-9H2/t11-/m0/s1. The third-order valence-electron chi connectivity index (χ3n) is 3.32. The van der Waals surface area contributed by atoms with E-state index in [1.807, 2.05) is 0 Å². The van der Waals surface area contributed by atoms with Gasteiger partial charge in [0.2, 0.25) is 0 Å². The molecule has 1 aliphatic heterocycles. The quantitative estimate of drug-likeness (QED) is 0.640. The van der Waals surface area contributed by atoms with Gasteiger partial charge in [-0.05, 0) is 25.0 Å². The zero-order valence-corrected chi connectivity index (χ0v) is 10.9. The predicted molar refractivity (Wildman–Crippen MR) is 70.4 cm³/mol. The topological polar surface area (TPSA) is 92.9 Å². The van der Waals surface area contributed by atoms with E-state index in [-0.39, 0.29) is 30.9 Å². The second-order valence-electron chi connectivity index (χ2n) is 4.61. The molecule has 2 rings (SSSR count). The molecule has 108 valence electrons. The Balaban J connectivity index is 1.88. The van der Waals surface area contributed by atoms with Crippen LogP contribution in [-0.4, -0.2) is 46.6 Å². The Hall–Kier alpha value is -2.15. The maximum Gasteiger partial charge on any atom is 0.269 e. The second-order valence-corrected chi connectivity index (χ2v) is 4.61. The number of non-ortho nitro benzene ring substituents is 1. The third-order valence-corrected chi connectivity index (χ3v) is 3.32. The number of hydrogen-bond donors (Lipinski definition) is 1. The molecule has 0 aromatic heterocycles. The summed E-state index contributed by atoms with van der Waals surface area (Å²) in [5.41, 5.74) is -0.0245. The van der Waals surface area contributed by atoms with E-state index >= 15 is 0 Å². The molecule has 1 aromatic carbocycles. The summed E-state index contributed by atoms with van der Waals surface area (Å²) in [7, 11) is 0. The van der Waals surface area contributed by atoms with Crippen LogP contribution in [0.5, 0.6) is 5.75 Å². The van der Waals surface area contributed by atoms with Gasteiger partial charge in [-0.25, -0.2) is 0 Å². The molecule has 0 spiro atoms. The van der Waals surface area contributed by atoms with Crippen molar-refractivity contribution in [3.05, 3.63) is 34.4 Å². The molecular weight excluding hydrogens is 264 g/mol. The van der Waals surface area contributed by atoms with E-state index in [0.717, 1.165) is 12.8 Å². The molecule has 1 fully saturated rings. The lowest BCUT2D eigenvalue weighted by molar-refractivity contribution is -0.384. The van der Waals surface area contributed by atoms with Crippen LogP contribution in [0.3, 0.4) is 0 Å². The average Bonchev–Trinajstić information content (AvgIpc) is 2.93. The van der Waals surface area contributed by atoms with Crippen LogP contribution in [0.15, 0.2) is 24.3 Å². The normalized spacial score (nSPS) is 18.1. The van der Waals surface area contributed by atoms with Crippen molar-refractivity contribution in [2.24, 2.45) is 0 Å². The number of ether oxygens (including phenoxy) is 1. The molecule has 1 heterocycles. The van der Waals surface area contributed by atoms with Crippen molar-refractivity contribution < 1.29 is 19.6 Å². The number of carbonyl (C=O) groups excluding carboxylic acids is 1. The molecule has 1 N–H and O–H groups in total. The van der Waals surface area contributed by atoms with Crippen molar-refractivity contribution in [3.8, 4) is 5.75 Å². The van der Waals surface area contributed by atoms with Gasteiger partial charge in [-0.1, -0.05) is 0 Å². The van der Waals surface area contributed by atoms with Crippen LogP contribution in [-0.2, 0) is 4.79 Å². The summed E-state index contributed by atoms with van der Waals surface area (Å²) in [4.78, 5) is 23.6. The summed E-state index contributed by atoms with van der Waals surface area (Å²) in [6, 6.07) is 5.44. The van der Waals surface area contributed by atoms with Gasteiger partial charge < -0.3 is 14.7 Å². The van der Waals surface area contributed by atoms with Crippen LogP contribution < -0.4 is 4.74 Å². The lowest BCUT2D eigenvalue weighted by Crippen LogP contribution is -2.40. The molecule has 0 aliphatic carbocycles. The van der Waals surface area contributed by atoms with Crippen LogP contribution in [0.2, 0.25) is 0 Å². The summed E-state index contributed by atoms with van der Waals surface area (Å²) in [6.45, 7) is 0.464. The molecule has 7 nitrogen and oxygen atoms in total. The van der Waals surface area contributed by atoms with Crippen LogP contribution in [0.1, 0.15) is 12.8 Å². The zero-order chi connectivity index (χ0) is 14.5. The van der Waals surface area contributed by atoms with E-state index in [9.17, 15) is 14.9 Å². The van der Waals surface area contributed by atoms with E-state index < -0.39 is 4.92 Å². The number of aliphatic hydroxyl groups is 1. The number of nitro groups is 1. The number of carbonyl (C=O) groups is 1. The van der Waals surface area contributed by atoms with Gasteiger partial charge in [0.1, 0.15) is 5.75 Å². The molecule has 0 bridgehead atoms. The summed E-state index contributed by atoms with van der Waals surface area (Å²) in [5, 5.41) is 19.7. The highest BCUT2D eigenvalue weighted by atomic mass is 16.6. The highest BCUT2D eigenvalue weighted by Crippen LogP contribution is 2.19. The molecule has 1 aliphatic rings. The smallest absolute Gasteiger partial charge is 0.269 e. The molecule has 7 heteroatoms. The van der Waals surface area contributed by atoms with Crippen molar-refractivity contribution in [1.82, 2.24) is 4.90 Å². The molecule has 1 aromatic rings. The number of nitrogens with zero attached hydrogens (tertiary/aromatic N) is 2. The van der Waals surface area contributed by atoms with E-state index in [1.54, 1.807) is 4.90 Å². The van der Waals surface area contributed by atoms with Gasteiger partial charge in [-0.2, -0.15) is 0 Å². The monoisotopic (exact) mass is 280 g/mol. The minimum Gasteiger partial charge on any atom is -0.484 e. The lowest BCUT2D eigenvalue weighted by atomic mass is 10.2. The Labute approximate surface area is 115 Å². The van der Waals surface area contributed by atoms with E-state index in [1.165, 1.54) is 24.3 Å². The first-order valence-corrected chi connectivity index (χ1v) is 6.39. The van der Waals surface area contributed by atoms with Gasteiger partial charge in [0, 0.05) is 18.7 Å². The predicted octanol–water partition coefficient (Wildman–Crippen LogP) is 0.957. The molecule has 20 heavy (non-hydrogen) atoms. The van der Waals surface area contributed by atoms with Gasteiger partial charge in [0.05, 0.1) is 17.6 Å². The van der Waals surface area contributed by atoms with Crippen LogP contribution in [0.25, 0.3) is 0 Å². The Kier molecular flexibility index (Phi) is 4.52. The Morgan fingerprint density at radius 2 is 2.15 bits per heavy atom. The van der Waals surface area contributed by atoms with E-state index in [0.29, 0.717) is 12.3 Å². The summed E-state index contributed by atoms with van der Waals surface area (Å²) < 4.78 is 5.31. The number of amides is 1. The largest absolute Gasteiger partial charge is 0.484 e. The SMILES string of the molecule is O=C(COc1ccc([N+](=O)[O-])cc1)N1CCC[C@H]1CO. The molecule has 0 radical (unpaired) electrons. The number of benzene rings is 1. The molecule has 0 saturated carbocycles. The van der Waals surface area contributed by atoms with Crippen molar-refractivity contribution in [2.75, 3.05) is 19.8 Å². The van der Waals surface area contributed by atoms with Gasteiger partial charge in [0.25, 0.3) is 11.6 Å². The minimum atomic E-state index is -0.495. The summed E-state index contributed by atoms with van der Waals surface area (Å²) in [6.07, 6.45) is 1.69. The van der Waals surface area contributed by atoms with Crippen LogP contribution >= 0.6 is 0 Å². The fourth-order valence-electron chi connectivity index (χ4n) is 2.25. The van der Waals surface area contributed by atoms with Gasteiger partial charge >= 0.3 is 0 Å². The number of likely N-dealkylation sites (tertiary alicyclic amines) is 1. The summed E-state index contributed by atoms with van der Waals surface area (Å²) in [5.74, 6) is 0.226. The average molecular weight is 280 g/mol. The van der Waals surface area contributed by atoms with Gasteiger partial charge in [-0.3, -0.25) is 14.9 Å². The fourth-order valence-corrected chi connectivity index (χ4v) is 2.25. The number of rotatable bonds is 5. The molecule has 0 unspecified atom stereocenters. The van der Waals surface area contributed by atoms with E-state index in [2.05, 4.69) is 0 Å². The Morgan fingerprint density at radius 1 is 1.45 bits per heavy atom. The maximum absolute atomic E-state index is 11.9. The van der Waals surface area contributed by atoms with Crippen molar-refractivity contribution in [1.29, 1.82) is 0 Å². The molecular formula is C13H16N2O5. The zero-order valence-electron chi connectivity index (χ0n) is 10.9. The first kappa shape index (κ1) is 14.3. The number of nitro benzene ring substituents is 1. The highest BCUT2D eigenvalue weighted by Gasteiger charge is 2.28. The maximum atomic E-state index is 11.9. The van der Waals surface area contributed by atoms with Crippen molar-refractivity contribution >= 4 is 11.6 Å². The highest BCUT2D eigenvalue weighted by molar-refractivity contribution is 5.78. The first-order chi connectivity index (χ1) is 9.61. The molecule has 1 saturated heterocycles. The van der Waals surface area contributed by atoms with Crippen molar-refractivity contribution in [3.63, 3.8) is 0 Å². The van der Waals surface area contributed by atoms with Crippen molar-refractivity contribution in [2.45, 2.75) is 18.9 Å². The van der Waals surface area contributed by atoms with Crippen LogP contribution in [0, 0.1) is 10.1 Å². The Morgan fingerprint density at radius 3 is 2.75 bits per heavy atom. The fraction of sp³-hybridized carbons (Fsp3) is 0.462. The lowest BCUT2D eigenvalue weighted by Gasteiger charge is -2.22. The van der Waals surface area contributed by atoms with Gasteiger partial charge in [0.15, 0.2) is 6.61 Å². The summed E-state index contributed by atoms with van der Waals surface area (Å²) >= 11 is 0. The minimum absolute atomic E-state index is 0.0245. The first-order valence-electron chi connectivity index (χ1n) is 6.39.